The Morgan fingerprint density at radius 2 is 1.90 bits per heavy atom. The van der Waals surface area contributed by atoms with E-state index in [2.05, 4.69) is 36.1 Å². The SMILES string of the molecule is CCN(c1ccc(NC(=O)CSc2nn(-c3ccc(F)cc3)c(=S)s2)cc1)C(C)C. The van der Waals surface area contributed by atoms with Crippen molar-refractivity contribution in [2.24, 2.45) is 0 Å². The highest BCUT2D eigenvalue weighted by atomic mass is 32.2. The summed E-state index contributed by atoms with van der Waals surface area (Å²) < 4.78 is 15.9. The van der Waals surface area contributed by atoms with Crippen molar-refractivity contribution >= 4 is 52.6 Å². The number of hydrogen-bond acceptors (Lipinski definition) is 6. The highest BCUT2D eigenvalue weighted by Crippen LogP contribution is 2.25. The number of rotatable bonds is 8. The summed E-state index contributed by atoms with van der Waals surface area (Å²) in [6.45, 7) is 7.36. The van der Waals surface area contributed by atoms with E-state index in [4.69, 9.17) is 12.2 Å². The highest BCUT2D eigenvalue weighted by molar-refractivity contribution is 8.01. The maximum atomic E-state index is 13.1. The molecule has 3 aromatic rings. The maximum absolute atomic E-state index is 13.1. The first kappa shape index (κ1) is 22.5. The van der Waals surface area contributed by atoms with Crippen LogP contribution in [-0.4, -0.2) is 34.0 Å². The predicted octanol–water partition coefficient (Wildman–Crippen LogP) is 5.77. The lowest BCUT2D eigenvalue weighted by molar-refractivity contribution is -0.113. The van der Waals surface area contributed by atoms with E-state index in [1.54, 1.807) is 16.8 Å². The number of halogens is 1. The molecule has 0 unspecified atom stereocenters. The number of hydrogen-bond donors (Lipinski definition) is 1. The van der Waals surface area contributed by atoms with Gasteiger partial charge in [-0.2, -0.15) is 0 Å². The number of amides is 1. The van der Waals surface area contributed by atoms with Crippen molar-refractivity contribution in [2.75, 3.05) is 22.5 Å². The van der Waals surface area contributed by atoms with Gasteiger partial charge >= 0.3 is 0 Å². The number of aromatic nitrogens is 2. The smallest absolute Gasteiger partial charge is 0.234 e. The number of benzene rings is 2. The zero-order valence-electron chi connectivity index (χ0n) is 17.0. The molecule has 0 saturated heterocycles. The lowest BCUT2D eigenvalue weighted by Gasteiger charge is -2.27. The first-order valence-electron chi connectivity index (χ1n) is 9.53. The minimum absolute atomic E-state index is 0.113. The molecule has 0 bridgehead atoms. The highest BCUT2D eigenvalue weighted by Gasteiger charge is 2.11. The lowest BCUT2D eigenvalue weighted by Crippen LogP contribution is -2.30. The van der Waals surface area contributed by atoms with Gasteiger partial charge in [-0.05, 0) is 81.5 Å². The molecule has 1 amide bonds. The van der Waals surface area contributed by atoms with Crippen LogP contribution in [0.1, 0.15) is 20.8 Å². The molecule has 30 heavy (non-hydrogen) atoms. The van der Waals surface area contributed by atoms with E-state index in [0.717, 1.165) is 17.9 Å². The van der Waals surface area contributed by atoms with Crippen LogP contribution in [0.4, 0.5) is 15.8 Å². The van der Waals surface area contributed by atoms with Crippen molar-refractivity contribution in [1.29, 1.82) is 0 Å². The van der Waals surface area contributed by atoms with E-state index < -0.39 is 0 Å². The Hall–Kier alpha value is -2.23. The Bertz CT molecular complexity index is 1050. The van der Waals surface area contributed by atoms with Gasteiger partial charge in [-0.15, -0.1) is 5.10 Å². The molecule has 0 fully saturated rings. The summed E-state index contributed by atoms with van der Waals surface area (Å²) in [5.74, 6) is -0.203. The molecule has 0 radical (unpaired) electrons. The predicted molar refractivity (Wildman–Crippen MR) is 126 cm³/mol. The molecule has 1 aromatic heterocycles. The molecule has 0 aliphatic heterocycles. The first-order chi connectivity index (χ1) is 14.4. The molecule has 2 aromatic carbocycles. The van der Waals surface area contributed by atoms with E-state index in [1.165, 1.54) is 35.2 Å². The minimum atomic E-state index is -0.314. The lowest BCUT2D eigenvalue weighted by atomic mass is 10.2. The van der Waals surface area contributed by atoms with Crippen LogP contribution in [0.2, 0.25) is 0 Å². The molecule has 3 rings (SSSR count). The molecule has 0 spiro atoms. The zero-order chi connectivity index (χ0) is 21.7. The third-order valence-corrected chi connectivity index (χ3v) is 6.74. The third-order valence-electron chi connectivity index (χ3n) is 4.37. The second kappa shape index (κ2) is 10.2. The summed E-state index contributed by atoms with van der Waals surface area (Å²) in [7, 11) is 0. The van der Waals surface area contributed by atoms with Crippen LogP contribution in [0, 0.1) is 9.77 Å². The molecule has 158 valence electrons. The molecule has 0 aliphatic carbocycles. The Balaban J connectivity index is 1.58. The summed E-state index contributed by atoms with van der Waals surface area (Å²) in [4.78, 5) is 14.6. The fourth-order valence-corrected chi connectivity index (χ4v) is 5.13. The van der Waals surface area contributed by atoms with Gasteiger partial charge in [0.1, 0.15) is 5.82 Å². The monoisotopic (exact) mass is 462 g/mol. The Labute approximate surface area is 188 Å². The molecule has 5 nitrogen and oxygen atoms in total. The van der Waals surface area contributed by atoms with Crippen molar-refractivity contribution in [1.82, 2.24) is 9.78 Å². The molecule has 0 saturated carbocycles. The normalized spacial score (nSPS) is 11.0. The molecule has 1 N–H and O–H groups in total. The van der Waals surface area contributed by atoms with Gasteiger partial charge in [0, 0.05) is 24.0 Å². The van der Waals surface area contributed by atoms with Crippen molar-refractivity contribution in [3.05, 3.63) is 58.3 Å². The second-order valence-corrected chi connectivity index (χ2v) is 9.63. The average Bonchev–Trinajstić information content (AvgIpc) is 3.09. The molecule has 9 heteroatoms. The quantitative estimate of drug-likeness (QED) is 0.340. The standard InChI is InChI=1S/C21H23FN4OS3/c1-4-25(14(2)3)17-11-7-16(8-12-17)23-19(27)13-29-20-24-26(21(28)30-20)18-9-5-15(22)6-10-18/h5-12,14H,4,13H2,1-3H3,(H,23,27). The fraction of sp³-hybridized carbons (Fsp3) is 0.286. The minimum Gasteiger partial charge on any atom is -0.369 e. The van der Waals surface area contributed by atoms with Gasteiger partial charge in [0.05, 0.1) is 11.4 Å². The van der Waals surface area contributed by atoms with Crippen LogP contribution in [0.15, 0.2) is 52.9 Å². The van der Waals surface area contributed by atoms with E-state index in [-0.39, 0.29) is 17.5 Å². The number of nitrogens with one attached hydrogen (secondary N) is 1. The average molecular weight is 463 g/mol. The first-order valence-corrected chi connectivity index (χ1v) is 11.7. The van der Waals surface area contributed by atoms with E-state index in [1.807, 2.05) is 24.3 Å². The van der Waals surface area contributed by atoms with Crippen LogP contribution >= 0.6 is 35.3 Å². The molecule has 1 heterocycles. The van der Waals surface area contributed by atoms with Gasteiger partial charge in [0.15, 0.2) is 8.29 Å². The number of carbonyl (C=O) groups is 1. The fourth-order valence-electron chi connectivity index (χ4n) is 2.97. The van der Waals surface area contributed by atoms with Gasteiger partial charge in [-0.1, -0.05) is 23.1 Å². The van der Waals surface area contributed by atoms with E-state index in [0.29, 0.717) is 20.0 Å². The van der Waals surface area contributed by atoms with Crippen molar-refractivity contribution in [3.63, 3.8) is 0 Å². The van der Waals surface area contributed by atoms with Crippen LogP contribution in [0.5, 0.6) is 0 Å². The molecule has 0 atom stereocenters. The van der Waals surface area contributed by atoms with Crippen LogP contribution in [0.25, 0.3) is 5.69 Å². The van der Waals surface area contributed by atoms with Gasteiger partial charge in [-0.3, -0.25) is 4.79 Å². The van der Waals surface area contributed by atoms with Crippen molar-refractivity contribution < 1.29 is 9.18 Å². The summed E-state index contributed by atoms with van der Waals surface area (Å²) >= 11 is 7.99. The summed E-state index contributed by atoms with van der Waals surface area (Å²) in [5.41, 5.74) is 2.58. The molecular weight excluding hydrogens is 439 g/mol. The Morgan fingerprint density at radius 1 is 1.23 bits per heavy atom. The summed E-state index contributed by atoms with van der Waals surface area (Å²) in [6.07, 6.45) is 0. The number of nitrogens with zero attached hydrogens (tertiary/aromatic N) is 3. The summed E-state index contributed by atoms with van der Waals surface area (Å²) in [6, 6.07) is 14.2. The van der Waals surface area contributed by atoms with Gasteiger partial charge in [-0.25, -0.2) is 9.07 Å². The van der Waals surface area contributed by atoms with Crippen LogP contribution in [0.3, 0.4) is 0 Å². The summed E-state index contributed by atoms with van der Waals surface area (Å²) in [5, 5.41) is 7.34. The number of carbonyl (C=O) groups excluding carboxylic acids is 1. The molecule has 0 aliphatic rings. The number of thioether (sulfide) groups is 1. The van der Waals surface area contributed by atoms with Crippen LogP contribution < -0.4 is 10.2 Å². The second-order valence-electron chi connectivity index (χ2n) is 6.79. The molecular formula is C21H23FN4OS3. The van der Waals surface area contributed by atoms with Gasteiger partial charge in [0.2, 0.25) is 5.91 Å². The van der Waals surface area contributed by atoms with E-state index >= 15 is 0 Å². The number of anilines is 2. The topological polar surface area (TPSA) is 50.2 Å². The van der Waals surface area contributed by atoms with Gasteiger partial charge < -0.3 is 10.2 Å². The van der Waals surface area contributed by atoms with E-state index in [9.17, 15) is 9.18 Å². The Kier molecular flexibility index (Phi) is 7.63. The largest absolute Gasteiger partial charge is 0.369 e. The Morgan fingerprint density at radius 3 is 2.50 bits per heavy atom. The third kappa shape index (κ3) is 5.68. The van der Waals surface area contributed by atoms with Crippen molar-refractivity contribution in [2.45, 2.75) is 31.2 Å². The zero-order valence-corrected chi connectivity index (χ0v) is 19.4. The maximum Gasteiger partial charge on any atom is 0.234 e. The van der Waals surface area contributed by atoms with Crippen LogP contribution in [-0.2, 0) is 4.79 Å². The van der Waals surface area contributed by atoms with Gasteiger partial charge in [0.25, 0.3) is 0 Å². The van der Waals surface area contributed by atoms with Crippen molar-refractivity contribution in [3.8, 4) is 5.69 Å².